The molecule has 0 heterocycles. The molecule has 2 aromatic rings. The van der Waals surface area contributed by atoms with Gasteiger partial charge in [0.1, 0.15) is 0 Å². The molecule has 136 valence electrons. The monoisotopic (exact) mass is 379 g/mol. The molecule has 11 heteroatoms. The largest absolute Gasteiger partial charge is 0.452 e. The Balaban J connectivity index is 1.93. The molecule has 10 nitrogen and oxygen atoms in total. The molecule has 26 heavy (non-hydrogen) atoms. The van der Waals surface area contributed by atoms with E-state index in [9.17, 15) is 28.1 Å². The van der Waals surface area contributed by atoms with Gasteiger partial charge in [0, 0.05) is 17.8 Å². The van der Waals surface area contributed by atoms with Crippen molar-refractivity contribution < 1.29 is 27.7 Å². The van der Waals surface area contributed by atoms with Crippen molar-refractivity contribution in [2.24, 2.45) is 5.14 Å². The van der Waals surface area contributed by atoms with Gasteiger partial charge in [0.05, 0.1) is 15.4 Å². The Kier molecular flexibility index (Phi) is 5.64. The molecular formula is C15H13N3O7S. The van der Waals surface area contributed by atoms with E-state index in [1.807, 2.05) is 0 Å². The summed E-state index contributed by atoms with van der Waals surface area (Å²) in [6, 6.07) is 9.95. The number of carbonyl (C=O) groups is 2. The number of sulfonamides is 1. The Bertz CT molecular complexity index is 955. The van der Waals surface area contributed by atoms with Gasteiger partial charge in [0.25, 0.3) is 11.6 Å². The second kappa shape index (κ2) is 7.72. The zero-order chi connectivity index (χ0) is 19.3. The Hall–Kier alpha value is -3.31. The zero-order valence-corrected chi connectivity index (χ0v) is 13.9. The van der Waals surface area contributed by atoms with Crippen LogP contribution in [0.2, 0.25) is 0 Å². The van der Waals surface area contributed by atoms with Crippen molar-refractivity contribution in [1.29, 1.82) is 0 Å². The lowest BCUT2D eigenvalue weighted by molar-refractivity contribution is -0.384. The SMILES string of the molecule is NS(=O)(=O)c1ccc(NC(=O)COC(=O)c2cccc([N+](=O)[O-])c2)cc1. The fourth-order valence-corrected chi connectivity index (χ4v) is 2.40. The van der Waals surface area contributed by atoms with Crippen LogP contribution in [0.4, 0.5) is 11.4 Å². The molecule has 0 aliphatic rings. The van der Waals surface area contributed by atoms with Gasteiger partial charge in [-0.25, -0.2) is 18.4 Å². The molecule has 1 amide bonds. The first-order valence-electron chi connectivity index (χ1n) is 7.01. The minimum atomic E-state index is -3.84. The van der Waals surface area contributed by atoms with Crippen molar-refractivity contribution in [3.05, 3.63) is 64.2 Å². The Labute approximate surface area is 147 Å². The molecule has 0 saturated carbocycles. The highest BCUT2D eigenvalue weighted by Crippen LogP contribution is 2.14. The summed E-state index contributed by atoms with van der Waals surface area (Å²) in [7, 11) is -3.84. The lowest BCUT2D eigenvalue weighted by Gasteiger charge is -2.07. The predicted molar refractivity (Wildman–Crippen MR) is 89.8 cm³/mol. The highest BCUT2D eigenvalue weighted by molar-refractivity contribution is 7.89. The van der Waals surface area contributed by atoms with Crippen molar-refractivity contribution >= 4 is 33.3 Å². The molecule has 2 aromatic carbocycles. The molecule has 0 fully saturated rings. The summed E-state index contributed by atoms with van der Waals surface area (Å²) >= 11 is 0. The lowest BCUT2D eigenvalue weighted by atomic mass is 10.2. The van der Waals surface area contributed by atoms with Crippen LogP contribution in [0.15, 0.2) is 53.4 Å². The minimum absolute atomic E-state index is 0.0653. The van der Waals surface area contributed by atoms with E-state index in [1.54, 1.807) is 0 Å². The van der Waals surface area contributed by atoms with Crippen molar-refractivity contribution in [2.75, 3.05) is 11.9 Å². The minimum Gasteiger partial charge on any atom is -0.452 e. The van der Waals surface area contributed by atoms with Crippen LogP contribution >= 0.6 is 0 Å². The molecule has 0 aliphatic heterocycles. The van der Waals surface area contributed by atoms with E-state index in [4.69, 9.17) is 9.88 Å². The van der Waals surface area contributed by atoms with E-state index in [-0.39, 0.29) is 21.8 Å². The molecule has 0 aromatic heterocycles. The number of nitro benzene ring substituents is 1. The van der Waals surface area contributed by atoms with Crippen molar-refractivity contribution in [1.82, 2.24) is 0 Å². The van der Waals surface area contributed by atoms with E-state index in [2.05, 4.69) is 5.32 Å². The number of amides is 1. The summed E-state index contributed by atoms with van der Waals surface area (Å²) in [6.07, 6.45) is 0. The Morgan fingerprint density at radius 3 is 2.38 bits per heavy atom. The number of benzene rings is 2. The second-order valence-electron chi connectivity index (χ2n) is 5.00. The molecule has 0 spiro atoms. The number of ether oxygens (including phenoxy) is 1. The summed E-state index contributed by atoms with van der Waals surface area (Å²) < 4.78 is 27.1. The molecule has 0 radical (unpaired) electrons. The molecule has 2 rings (SSSR count). The molecule has 0 aliphatic carbocycles. The number of nitro groups is 1. The van der Waals surface area contributed by atoms with Crippen LogP contribution < -0.4 is 10.5 Å². The quantitative estimate of drug-likeness (QED) is 0.431. The molecule has 0 bridgehead atoms. The van der Waals surface area contributed by atoms with Gasteiger partial charge in [-0.3, -0.25) is 14.9 Å². The number of hydrogen-bond acceptors (Lipinski definition) is 7. The second-order valence-corrected chi connectivity index (χ2v) is 6.56. The van der Waals surface area contributed by atoms with Gasteiger partial charge >= 0.3 is 5.97 Å². The third-order valence-corrected chi connectivity index (χ3v) is 4.02. The van der Waals surface area contributed by atoms with Gasteiger partial charge in [-0.2, -0.15) is 0 Å². The van der Waals surface area contributed by atoms with E-state index in [0.717, 1.165) is 6.07 Å². The van der Waals surface area contributed by atoms with Crippen LogP contribution in [-0.2, 0) is 19.6 Å². The first-order valence-corrected chi connectivity index (χ1v) is 8.56. The first-order chi connectivity index (χ1) is 12.2. The normalized spacial score (nSPS) is 10.8. The standard InChI is InChI=1S/C15H13N3O7S/c16-26(23,24)13-6-4-11(5-7-13)17-14(19)9-25-15(20)10-2-1-3-12(8-10)18(21)22/h1-8H,9H2,(H,17,19)(H2,16,23,24). The number of hydrogen-bond donors (Lipinski definition) is 2. The number of primary sulfonamides is 1. The van der Waals surface area contributed by atoms with Gasteiger partial charge in [-0.1, -0.05) is 6.07 Å². The number of nitrogens with zero attached hydrogens (tertiary/aromatic N) is 1. The maximum atomic E-state index is 11.8. The Morgan fingerprint density at radius 1 is 1.15 bits per heavy atom. The van der Waals surface area contributed by atoms with E-state index in [0.29, 0.717) is 0 Å². The Morgan fingerprint density at radius 2 is 1.81 bits per heavy atom. The third kappa shape index (κ3) is 5.09. The fraction of sp³-hybridized carbons (Fsp3) is 0.0667. The maximum Gasteiger partial charge on any atom is 0.338 e. The summed E-state index contributed by atoms with van der Waals surface area (Å²) in [5, 5.41) is 18.0. The van der Waals surface area contributed by atoms with Crippen molar-refractivity contribution in [3.63, 3.8) is 0 Å². The van der Waals surface area contributed by atoms with Gasteiger partial charge in [-0.05, 0) is 30.3 Å². The predicted octanol–water partition coefficient (Wildman–Crippen LogP) is 1.04. The van der Waals surface area contributed by atoms with Crippen molar-refractivity contribution in [2.45, 2.75) is 4.90 Å². The van der Waals surface area contributed by atoms with Gasteiger partial charge in [0.15, 0.2) is 6.61 Å². The smallest absolute Gasteiger partial charge is 0.338 e. The lowest BCUT2D eigenvalue weighted by Crippen LogP contribution is -2.21. The third-order valence-electron chi connectivity index (χ3n) is 3.09. The topological polar surface area (TPSA) is 159 Å². The molecule has 0 unspecified atom stereocenters. The van der Waals surface area contributed by atoms with E-state index >= 15 is 0 Å². The van der Waals surface area contributed by atoms with Gasteiger partial charge in [0.2, 0.25) is 10.0 Å². The van der Waals surface area contributed by atoms with Gasteiger partial charge < -0.3 is 10.1 Å². The van der Waals surface area contributed by atoms with Crippen LogP contribution in [-0.4, -0.2) is 31.8 Å². The number of nitrogens with one attached hydrogen (secondary N) is 1. The zero-order valence-electron chi connectivity index (χ0n) is 13.1. The molecule has 3 N–H and O–H groups in total. The van der Waals surface area contributed by atoms with E-state index in [1.165, 1.54) is 42.5 Å². The average Bonchev–Trinajstić information content (AvgIpc) is 2.59. The van der Waals surface area contributed by atoms with Crippen LogP contribution in [0.25, 0.3) is 0 Å². The number of nitrogens with two attached hydrogens (primary N) is 1. The highest BCUT2D eigenvalue weighted by Gasteiger charge is 2.14. The van der Waals surface area contributed by atoms with Crippen LogP contribution in [0.1, 0.15) is 10.4 Å². The number of non-ortho nitro benzene ring substituents is 1. The van der Waals surface area contributed by atoms with E-state index < -0.39 is 33.4 Å². The number of carbonyl (C=O) groups excluding carboxylic acids is 2. The van der Waals surface area contributed by atoms with Gasteiger partial charge in [-0.15, -0.1) is 0 Å². The summed E-state index contributed by atoms with van der Waals surface area (Å²) in [4.78, 5) is 33.5. The number of rotatable bonds is 6. The average molecular weight is 379 g/mol. The van der Waals surface area contributed by atoms with Crippen LogP contribution in [0, 0.1) is 10.1 Å². The summed E-state index contributed by atoms with van der Waals surface area (Å²) in [5.74, 6) is -1.57. The van der Waals surface area contributed by atoms with Crippen LogP contribution in [0.3, 0.4) is 0 Å². The summed E-state index contributed by atoms with van der Waals surface area (Å²) in [5.41, 5.74) is -0.0721. The first kappa shape index (κ1) is 19.0. The fourth-order valence-electron chi connectivity index (χ4n) is 1.89. The molecule has 0 saturated heterocycles. The molecular weight excluding hydrogens is 366 g/mol. The number of anilines is 1. The van der Waals surface area contributed by atoms with Crippen molar-refractivity contribution in [3.8, 4) is 0 Å². The highest BCUT2D eigenvalue weighted by atomic mass is 32.2. The maximum absolute atomic E-state index is 11.8. The van der Waals surface area contributed by atoms with Crippen LogP contribution in [0.5, 0.6) is 0 Å². The molecule has 0 atom stereocenters. The number of esters is 1. The summed E-state index contributed by atoms with van der Waals surface area (Å²) in [6.45, 7) is -0.627.